The number of amides is 2. The average Bonchev–Trinajstić information content (AvgIpc) is 2.69. The van der Waals surface area contributed by atoms with Crippen LogP contribution in [0, 0.1) is 6.92 Å². The van der Waals surface area contributed by atoms with Crippen molar-refractivity contribution in [1.29, 1.82) is 0 Å². The lowest BCUT2D eigenvalue weighted by molar-refractivity contribution is 0.0772. The summed E-state index contributed by atoms with van der Waals surface area (Å²) in [5.41, 5.74) is 9.39. The van der Waals surface area contributed by atoms with Crippen LogP contribution in [0.3, 0.4) is 0 Å². The molecular formula is C20H24ClN3O2S. The van der Waals surface area contributed by atoms with Gasteiger partial charge in [-0.3, -0.25) is 9.59 Å². The Morgan fingerprint density at radius 1 is 1.07 bits per heavy atom. The molecule has 2 aromatic rings. The molecular weight excluding hydrogens is 382 g/mol. The molecule has 7 heteroatoms. The number of benzene rings is 2. The second-order valence-corrected chi connectivity index (χ2v) is 7.51. The molecule has 27 heavy (non-hydrogen) atoms. The summed E-state index contributed by atoms with van der Waals surface area (Å²) in [5.74, 6) is 1.86. The third-order valence-electron chi connectivity index (χ3n) is 4.47. The van der Waals surface area contributed by atoms with E-state index in [4.69, 9.17) is 5.73 Å². The highest BCUT2D eigenvalue weighted by Crippen LogP contribution is 2.20. The van der Waals surface area contributed by atoms with E-state index in [2.05, 4.69) is 5.32 Å². The molecule has 0 spiro atoms. The predicted molar refractivity (Wildman–Crippen MR) is 114 cm³/mol. The number of aryl methyl sites for hydroxylation is 1. The van der Waals surface area contributed by atoms with Crippen LogP contribution in [0.5, 0.6) is 0 Å². The fraction of sp³-hybridized carbons (Fsp3) is 0.300. The molecule has 2 aromatic carbocycles. The van der Waals surface area contributed by atoms with E-state index < -0.39 is 0 Å². The molecule has 3 N–H and O–H groups in total. The van der Waals surface area contributed by atoms with Gasteiger partial charge in [0.1, 0.15) is 0 Å². The van der Waals surface area contributed by atoms with Gasteiger partial charge in [-0.25, -0.2) is 0 Å². The highest BCUT2D eigenvalue weighted by molar-refractivity contribution is 7.99. The fourth-order valence-electron chi connectivity index (χ4n) is 2.87. The number of nitrogens with one attached hydrogen (secondary N) is 1. The van der Waals surface area contributed by atoms with Crippen molar-refractivity contribution in [3.05, 3.63) is 64.7 Å². The zero-order valence-corrected chi connectivity index (χ0v) is 16.9. The topological polar surface area (TPSA) is 75.4 Å². The van der Waals surface area contributed by atoms with Gasteiger partial charge in [-0.05, 0) is 48.4 Å². The van der Waals surface area contributed by atoms with Crippen LogP contribution in [0.25, 0.3) is 0 Å². The highest BCUT2D eigenvalue weighted by atomic mass is 35.5. The van der Waals surface area contributed by atoms with Crippen molar-refractivity contribution in [1.82, 2.24) is 4.90 Å². The van der Waals surface area contributed by atoms with Gasteiger partial charge < -0.3 is 16.0 Å². The van der Waals surface area contributed by atoms with Gasteiger partial charge in [0.15, 0.2) is 0 Å². The van der Waals surface area contributed by atoms with Crippen LogP contribution >= 0.6 is 24.2 Å². The molecule has 2 amide bonds. The number of hydrogen-bond acceptors (Lipinski definition) is 4. The lowest BCUT2D eigenvalue weighted by atomic mass is 10.1. The quantitative estimate of drug-likeness (QED) is 0.818. The number of hydrogen-bond donors (Lipinski definition) is 2. The van der Waals surface area contributed by atoms with Crippen molar-refractivity contribution >= 4 is 41.7 Å². The second kappa shape index (κ2) is 9.78. The SMILES string of the molecule is Cc1cc(C(=O)N2CCSCC2)ccc1NC(=O)c1ccc(CN)cc1.Cl. The van der Waals surface area contributed by atoms with Gasteiger partial charge in [0.05, 0.1) is 0 Å². The van der Waals surface area contributed by atoms with Crippen LogP contribution in [0.15, 0.2) is 42.5 Å². The van der Waals surface area contributed by atoms with Gasteiger partial charge in [0, 0.05) is 48.0 Å². The summed E-state index contributed by atoms with van der Waals surface area (Å²) >= 11 is 1.88. The maximum Gasteiger partial charge on any atom is 0.255 e. The molecule has 1 saturated heterocycles. The number of carbonyl (C=O) groups excluding carboxylic acids is 2. The van der Waals surface area contributed by atoms with Crippen LogP contribution in [-0.2, 0) is 6.54 Å². The Hall–Kier alpha value is -2.02. The van der Waals surface area contributed by atoms with Gasteiger partial charge in [0.25, 0.3) is 11.8 Å². The van der Waals surface area contributed by atoms with Gasteiger partial charge in [-0.1, -0.05) is 12.1 Å². The monoisotopic (exact) mass is 405 g/mol. The first-order chi connectivity index (χ1) is 12.6. The van der Waals surface area contributed by atoms with E-state index in [1.807, 2.05) is 41.8 Å². The largest absolute Gasteiger partial charge is 0.337 e. The van der Waals surface area contributed by atoms with Gasteiger partial charge in [-0.15, -0.1) is 12.4 Å². The predicted octanol–water partition coefficient (Wildman–Crippen LogP) is 3.32. The number of nitrogens with zero attached hydrogens (tertiary/aromatic N) is 1. The van der Waals surface area contributed by atoms with Gasteiger partial charge >= 0.3 is 0 Å². The molecule has 0 atom stereocenters. The Labute approximate surface area is 170 Å². The van der Waals surface area contributed by atoms with E-state index in [1.165, 1.54) is 0 Å². The minimum atomic E-state index is -0.177. The summed E-state index contributed by atoms with van der Waals surface area (Å²) in [4.78, 5) is 26.9. The van der Waals surface area contributed by atoms with Crippen LogP contribution in [-0.4, -0.2) is 41.3 Å². The molecule has 5 nitrogen and oxygen atoms in total. The number of anilines is 1. The summed E-state index contributed by atoms with van der Waals surface area (Å²) in [7, 11) is 0. The molecule has 0 aromatic heterocycles. The van der Waals surface area contributed by atoms with E-state index >= 15 is 0 Å². The van der Waals surface area contributed by atoms with E-state index in [0.29, 0.717) is 23.4 Å². The second-order valence-electron chi connectivity index (χ2n) is 6.29. The lowest BCUT2D eigenvalue weighted by Gasteiger charge is -2.26. The summed E-state index contributed by atoms with van der Waals surface area (Å²) < 4.78 is 0. The normalized spacial score (nSPS) is 13.6. The molecule has 144 valence electrons. The number of halogens is 1. The van der Waals surface area contributed by atoms with Crippen LogP contribution in [0.1, 0.15) is 31.8 Å². The van der Waals surface area contributed by atoms with E-state index in [1.54, 1.807) is 24.3 Å². The van der Waals surface area contributed by atoms with Crippen LogP contribution < -0.4 is 11.1 Å². The lowest BCUT2D eigenvalue weighted by Crippen LogP contribution is -2.37. The van der Waals surface area contributed by atoms with E-state index in [0.717, 1.165) is 35.7 Å². The molecule has 1 heterocycles. The van der Waals surface area contributed by atoms with Crippen molar-refractivity contribution in [3.8, 4) is 0 Å². The highest BCUT2D eigenvalue weighted by Gasteiger charge is 2.19. The first-order valence-electron chi connectivity index (χ1n) is 8.66. The first-order valence-corrected chi connectivity index (χ1v) is 9.82. The molecule has 0 radical (unpaired) electrons. The zero-order chi connectivity index (χ0) is 18.5. The Balaban J connectivity index is 0.00000261. The summed E-state index contributed by atoms with van der Waals surface area (Å²) in [6.07, 6.45) is 0. The Morgan fingerprint density at radius 2 is 1.70 bits per heavy atom. The minimum absolute atomic E-state index is 0. The molecule has 1 fully saturated rings. The van der Waals surface area contributed by atoms with E-state index in [-0.39, 0.29) is 24.2 Å². The van der Waals surface area contributed by atoms with Crippen molar-refractivity contribution in [3.63, 3.8) is 0 Å². The van der Waals surface area contributed by atoms with Crippen LogP contribution in [0.4, 0.5) is 5.69 Å². The smallest absolute Gasteiger partial charge is 0.255 e. The number of rotatable bonds is 4. The fourth-order valence-corrected chi connectivity index (χ4v) is 3.78. The zero-order valence-electron chi connectivity index (χ0n) is 15.2. The molecule has 0 unspecified atom stereocenters. The average molecular weight is 406 g/mol. The molecule has 1 aliphatic heterocycles. The molecule has 0 bridgehead atoms. The maximum atomic E-state index is 12.6. The van der Waals surface area contributed by atoms with Gasteiger partial charge in [0.2, 0.25) is 0 Å². The Kier molecular flexibility index (Phi) is 7.71. The Morgan fingerprint density at radius 3 is 2.30 bits per heavy atom. The summed E-state index contributed by atoms with van der Waals surface area (Å²) in [5, 5.41) is 2.91. The number of carbonyl (C=O) groups is 2. The Bertz CT molecular complexity index is 805. The third kappa shape index (κ3) is 5.25. The van der Waals surface area contributed by atoms with E-state index in [9.17, 15) is 9.59 Å². The molecule has 1 aliphatic rings. The van der Waals surface area contributed by atoms with Gasteiger partial charge in [-0.2, -0.15) is 11.8 Å². The van der Waals surface area contributed by atoms with Crippen molar-refractivity contribution in [2.24, 2.45) is 5.73 Å². The molecule has 3 rings (SSSR count). The number of nitrogens with two attached hydrogens (primary N) is 1. The standard InChI is InChI=1S/C20H23N3O2S.ClH/c1-14-12-17(20(25)23-8-10-26-11-9-23)6-7-18(14)22-19(24)16-4-2-15(13-21)3-5-16;/h2-7,12H,8-11,13,21H2,1H3,(H,22,24);1H. The first kappa shape index (κ1) is 21.3. The third-order valence-corrected chi connectivity index (χ3v) is 5.41. The maximum absolute atomic E-state index is 12.6. The van der Waals surface area contributed by atoms with Crippen molar-refractivity contribution < 1.29 is 9.59 Å². The van der Waals surface area contributed by atoms with Crippen molar-refractivity contribution in [2.75, 3.05) is 29.9 Å². The van der Waals surface area contributed by atoms with Crippen LogP contribution in [0.2, 0.25) is 0 Å². The summed E-state index contributed by atoms with van der Waals surface area (Å²) in [6.45, 7) is 3.93. The molecule has 0 saturated carbocycles. The molecule has 0 aliphatic carbocycles. The van der Waals surface area contributed by atoms with Crippen molar-refractivity contribution in [2.45, 2.75) is 13.5 Å². The number of thioether (sulfide) groups is 1. The summed E-state index contributed by atoms with van der Waals surface area (Å²) in [6, 6.07) is 12.6. The minimum Gasteiger partial charge on any atom is -0.337 e.